The first-order valence-electron chi connectivity index (χ1n) is 22.2. The van der Waals surface area contributed by atoms with Crippen LogP contribution in [-0.2, 0) is 17.9 Å². The van der Waals surface area contributed by atoms with E-state index in [2.05, 4.69) is 59.1 Å². The highest BCUT2D eigenvalue weighted by molar-refractivity contribution is 5.94. The average molecular weight is 799 g/mol. The van der Waals surface area contributed by atoms with Gasteiger partial charge in [0.1, 0.15) is 18.1 Å². The lowest BCUT2D eigenvalue weighted by Gasteiger charge is -2.28. The van der Waals surface area contributed by atoms with Gasteiger partial charge < -0.3 is 20.1 Å². The number of hydrogen-bond donors (Lipinski definition) is 2. The molecule has 0 aliphatic heterocycles. The lowest BCUT2D eigenvalue weighted by Crippen LogP contribution is -2.40. The molecule has 58 heavy (non-hydrogen) atoms. The molecule has 2 N–H and O–H groups in total. The van der Waals surface area contributed by atoms with Crippen LogP contribution in [0.15, 0.2) is 84.9 Å². The van der Waals surface area contributed by atoms with Gasteiger partial charge in [-0.15, -0.1) is 0 Å². The van der Waals surface area contributed by atoms with Crippen molar-refractivity contribution in [2.45, 2.75) is 159 Å². The van der Waals surface area contributed by atoms with Crippen molar-refractivity contribution in [2.24, 2.45) is 11.8 Å². The lowest BCUT2D eigenvalue weighted by molar-refractivity contribution is -0.121. The number of carbonyl (C=O) groups excluding carboxylic acids is 2. The molecular formula is C50H78N4O4. The third kappa shape index (κ3) is 18.3. The van der Waals surface area contributed by atoms with Crippen molar-refractivity contribution in [3.05, 3.63) is 102 Å². The first-order valence-corrected chi connectivity index (χ1v) is 22.2. The molecule has 5 rings (SSSR count). The Morgan fingerprint density at radius 2 is 1.34 bits per heavy atom. The van der Waals surface area contributed by atoms with Crippen LogP contribution in [0.3, 0.4) is 0 Å². The fourth-order valence-electron chi connectivity index (χ4n) is 6.36. The zero-order valence-corrected chi connectivity index (χ0v) is 38.2. The van der Waals surface area contributed by atoms with E-state index in [1.54, 1.807) is 7.11 Å². The summed E-state index contributed by atoms with van der Waals surface area (Å²) in [5.41, 5.74) is 3.97. The highest BCUT2D eigenvalue weighted by Crippen LogP contribution is 2.42. The van der Waals surface area contributed by atoms with Crippen molar-refractivity contribution >= 4 is 11.8 Å². The third-order valence-electron chi connectivity index (χ3n) is 9.36. The standard InChI is InChI=1S/C39H48N4O4.C4H10.C3H8.2C2H6/c1-27(2)22-31(23-37(44)40-25-29-12-7-5-8-13-29)41-39(45)33-24-34(43(42-33)32-20-18-28(3)19-21-32)38-35(46-4)16-11-17-36(38)47-26-30-14-9-6-10-15-30;1-3-4-2;1-3-2;2*1-2/h5-17,24,27-28,31-32H,18-23,25-26H2,1-4H3,(H,40,44)(H,41,45);3-4H2,1-2H3;3H2,1-2H3;2*1-2H3. The minimum Gasteiger partial charge on any atom is -0.496 e. The van der Waals surface area contributed by atoms with Crippen molar-refractivity contribution in [3.63, 3.8) is 0 Å². The smallest absolute Gasteiger partial charge is 0.272 e. The molecule has 8 heteroatoms. The lowest BCUT2D eigenvalue weighted by atomic mass is 9.87. The molecule has 322 valence electrons. The summed E-state index contributed by atoms with van der Waals surface area (Å²) in [7, 11) is 1.65. The van der Waals surface area contributed by atoms with Crippen LogP contribution in [0.4, 0.5) is 0 Å². The molecule has 1 aliphatic rings. The van der Waals surface area contributed by atoms with Gasteiger partial charge in [-0.05, 0) is 73.3 Å². The largest absolute Gasteiger partial charge is 0.496 e. The van der Waals surface area contributed by atoms with Gasteiger partial charge in [0.15, 0.2) is 5.69 Å². The number of hydrogen-bond acceptors (Lipinski definition) is 5. The number of amides is 2. The summed E-state index contributed by atoms with van der Waals surface area (Å²) in [6.45, 7) is 23.9. The fourth-order valence-corrected chi connectivity index (χ4v) is 6.36. The van der Waals surface area contributed by atoms with Gasteiger partial charge in [-0.1, -0.05) is 162 Å². The van der Waals surface area contributed by atoms with Crippen LogP contribution in [0.25, 0.3) is 11.3 Å². The van der Waals surface area contributed by atoms with Gasteiger partial charge in [0.2, 0.25) is 5.91 Å². The van der Waals surface area contributed by atoms with E-state index in [1.807, 2.05) is 117 Å². The molecule has 1 heterocycles. The zero-order chi connectivity index (χ0) is 43.3. The molecule has 1 saturated carbocycles. The van der Waals surface area contributed by atoms with E-state index in [0.717, 1.165) is 48.1 Å². The van der Waals surface area contributed by atoms with Crippen molar-refractivity contribution < 1.29 is 19.1 Å². The van der Waals surface area contributed by atoms with E-state index in [1.165, 1.54) is 19.3 Å². The molecule has 3 aromatic carbocycles. The number of unbranched alkanes of at least 4 members (excludes halogenated alkanes) is 1. The van der Waals surface area contributed by atoms with E-state index in [-0.39, 0.29) is 36.2 Å². The van der Waals surface area contributed by atoms with Crippen LogP contribution in [0, 0.1) is 11.8 Å². The molecule has 0 bridgehead atoms. The van der Waals surface area contributed by atoms with E-state index in [4.69, 9.17) is 14.6 Å². The molecule has 1 aromatic heterocycles. The zero-order valence-electron chi connectivity index (χ0n) is 38.2. The summed E-state index contributed by atoms with van der Waals surface area (Å²) in [5.74, 6) is 1.87. The molecular weight excluding hydrogens is 721 g/mol. The monoisotopic (exact) mass is 799 g/mol. The first kappa shape index (κ1) is 51.4. The molecule has 0 saturated heterocycles. The second kappa shape index (κ2) is 30.5. The Kier molecular flexibility index (Phi) is 27.0. The van der Waals surface area contributed by atoms with Crippen LogP contribution >= 0.6 is 0 Å². The molecule has 4 aromatic rings. The summed E-state index contributed by atoms with van der Waals surface area (Å²) in [6.07, 6.45) is 8.90. The number of carbonyl (C=O) groups is 2. The Bertz CT molecular complexity index is 1640. The maximum absolute atomic E-state index is 13.9. The average Bonchev–Trinajstić information content (AvgIpc) is 3.70. The van der Waals surface area contributed by atoms with Crippen molar-refractivity contribution in [1.29, 1.82) is 0 Å². The number of methoxy groups -OCH3 is 1. The molecule has 1 unspecified atom stereocenters. The van der Waals surface area contributed by atoms with E-state index in [0.29, 0.717) is 42.7 Å². The predicted molar refractivity (Wildman–Crippen MR) is 245 cm³/mol. The maximum Gasteiger partial charge on any atom is 0.272 e. The fraction of sp³-hybridized carbons (Fsp3) is 0.540. The van der Waals surface area contributed by atoms with Gasteiger partial charge in [-0.2, -0.15) is 5.10 Å². The van der Waals surface area contributed by atoms with Gasteiger partial charge in [0, 0.05) is 19.0 Å². The predicted octanol–water partition coefficient (Wildman–Crippen LogP) is 13.0. The molecule has 1 atom stereocenters. The SMILES string of the molecule is CC.CC.CCC.CCCC.COc1cccc(OCc2ccccc2)c1-c1cc(C(=O)NC(CC(=O)NCc2ccccc2)CC(C)C)nn1C1CCC(C)CC1. The molecule has 0 radical (unpaired) electrons. The Hall–Kier alpha value is -4.59. The third-order valence-corrected chi connectivity index (χ3v) is 9.36. The van der Waals surface area contributed by atoms with Crippen LogP contribution in [0.1, 0.15) is 162 Å². The van der Waals surface area contributed by atoms with Gasteiger partial charge >= 0.3 is 0 Å². The summed E-state index contributed by atoms with van der Waals surface area (Å²) in [6, 6.07) is 27.3. The second-order valence-corrected chi connectivity index (χ2v) is 14.9. The van der Waals surface area contributed by atoms with E-state index in [9.17, 15) is 9.59 Å². The summed E-state index contributed by atoms with van der Waals surface area (Å²) in [5, 5.41) is 11.1. The van der Waals surface area contributed by atoms with Crippen LogP contribution < -0.4 is 20.1 Å². The number of rotatable bonds is 15. The number of nitrogens with one attached hydrogen (secondary N) is 2. The summed E-state index contributed by atoms with van der Waals surface area (Å²) < 4.78 is 14.3. The quantitative estimate of drug-likeness (QED) is 0.125. The molecule has 1 fully saturated rings. The van der Waals surface area contributed by atoms with Crippen LogP contribution in [0.5, 0.6) is 11.5 Å². The van der Waals surface area contributed by atoms with Crippen molar-refractivity contribution in [3.8, 4) is 22.8 Å². The topological polar surface area (TPSA) is 94.5 Å². The Morgan fingerprint density at radius 1 is 0.793 bits per heavy atom. The number of aromatic nitrogens is 2. The Balaban J connectivity index is 0.00000138. The Morgan fingerprint density at radius 3 is 1.88 bits per heavy atom. The van der Waals surface area contributed by atoms with Crippen LogP contribution in [-0.4, -0.2) is 34.7 Å². The van der Waals surface area contributed by atoms with Crippen molar-refractivity contribution in [2.75, 3.05) is 7.11 Å². The molecule has 1 aliphatic carbocycles. The van der Waals surface area contributed by atoms with Crippen LogP contribution in [0.2, 0.25) is 0 Å². The molecule has 2 amide bonds. The normalized spacial score (nSPS) is 14.6. The minimum absolute atomic E-state index is 0.100. The second-order valence-electron chi connectivity index (χ2n) is 14.9. The van der Waals surface area contributed by atoms with Gasteiger partial charge in [-0.3, -0.25) is 14.3 Å². The van der Waals surface area contributed by atoms with Gasteiger partial charge in [0.05, 0.1) is 24.4 Å². The first-order chi connectivity index (χ1) is 28.1. The van der Waals surface area contributed by atoms with E-state index < -0.39 is 0 Å². The number of ether oxygens (including phenoxy) is 2. The molecule has 0 spiro atoms. The summed E-state index contributed by atoms with van der Waals surface area (Å²) in [4.78, 5) is 26.9. The minimum atomic E-state index is -0.335. The Labute approximate surface area is 352 Å². The maximum atomic E-state index is 13.9. The number of nitrogens with zero attached hydrogens (tertiary/aromatic N) is 2. The van der Waals surface area contributed by atoms with Gasteiger partial charge in [0.25, 0.3) is 5.91 Å². The van der Waals surface area contributed by atoms with E-state index >= 15 is 0 Å². The number of benzene rings is 3. The highest BCUT2D eigenvalue weighted by Gasteiger charge is 2.29. The summed E-state index contributed by atoms with van der Waals surface area (Å²) >= 11 is 0. The molecule has 8 nitrogen and oxygen atoms in total. The van der Waals surface area contributed by atoms with Gasteiger partial charge in [-0.25, -0.2) is 0 Å². The highest BCUT2D eigenvalue weighted by atomic mass is 16.5. The van der Waals surface area contributed by atoms with Crippen molar-refractivity contribution in [1.82, 2.24) is 20.4 Å².